The Morgan fingerprint density at radius 2 is 2.16 bits per heavy atom. The Bertz CT molecular complexity index is 730. The first-order valence-corrected chi connectivity index (χ1v) is 8.97. The second-order valence-corrected chi connectivity index (χ2v) is 6.57. The maximum atomic E-state index is 10.8. The van der Waals surface area contributed by atoms with E-state index in [0.717, 1.165) is 35.5 Å². The molecule has 0 unspecified atom stereocenters. The third-order valence-electron chi connectivity index (χ3n) is 3.75. The maximum absolute atomic E-state index is 10.8. The molecule has 0 radical (unpaired) electrons. The van der Waals surface area contributed by atoms with E-state index in [-0.39, 0.29) is 6.61 Å². The highest BCUT2D eigenvalue weighted by molar-refractivity contribution is 7.98. The van der Waals surface area contributed by atoms with Gasteiger partial charge in [-0.3, -0.25) is 9.36 Å². The summed E-state index contributed by atoms with van der Waals surface area (Å²) in [4.78, 5) is 13.0. The number of benzene rings is 1. The van der Waals surface area contributed by atoms with Crippen LogP contribution < -0.4 is 15.4 Å². The lowest BCUT2D eigenvalue weighted by atomic mass is 10.2. The summed E-state index contributed by atoms with van der Waals surface area (Å²) in [5.41, 5.74) is 6.17. The van der Waals surface area contributed by atoms with Crippen molar-refractivity contribution in [2.45, 2.75) is 10.9 Å². The Morgan fingerprint density at radius 3 is 2.92 bits per heavy atom. The predicted octanol–water partition coefficient (Wildman–Crippen LogP) is 0.808. The third kappa shape index (κ3) is 4.64. The molecule has 8 nitrogen and oxygen atoms in total. The maximum Gasteiger partial charge on any atom is 0.255 e. The van der Waals surface area contributed by atoms with E-state index in [1.165, 1.54) is 0 Å². The first-order chi connectivity index (χ1) is 12.1. The molecule has 0 bridgehead atoms. The van der Waals surface area contributed by atoms with Gasteiger partial charge >= 0.3 is 0 Å². The number of nitrogens with zero attached hydrogens (tertiary/aromatic N) is 4. The van der Waals surface area contributed by atoms with E-state index < -0.39 is 5.91 Å². The molecule has 0 spiro atoms. The molecule has 2 aromatic rings. The lowest BCUT2D eigenvalue weighted by Crippen LogP contribution is -2.37. The van der Waals surface area contributed by atoms with E-state index in [1.807, 2.05) is 29.8 Å². The molecule has 1 aliphatic rings. The van der Waals surface area contributed by atoms with Crippen LogP contribution >= 0.6 is 11.8 Å². The normalized spacial score (nSPS) is 14.5. The van der Waals surface area contributed by atoms with Crippen LogP contribution in [0.5, 0.6) is 5.75 Å². The van der Waals surface area contributed by atoms with E-state index >= 15 is 0 Å². The zero-order valence-corrected chi connectivity index (χ0v) is 14.9. The molecule has 1 amide bonds. The van der Waals surface area contributed by atoms with Crippen LogP contribution in [-0.2, 0) is 22.3 Å². The second kappa shape index (κ2) is 8.21. The van der Waals surface area contributed by atoms with Gasteiger partial charge in [0.15, 0.2) is 11.8 Å². The molecule has 0 aliphatic carbocycles. The van der Waals surface area contributed by atoms with Crippen LogP contribution in [0.15, 0.2) is 29.4 Å². The molecule has 1 saturated heterocycles. The molecule has 1 aromatic heterocycles. The second-order valence-electron chi connectivity index (χ2n) is 5.63. The van der Waals surface area contributed by atoms with Crippen molar-refractivity contribution in [3.05, 3.63) is 29.8 Å². The fourth-order valence-electron chi connectivity index (χ4n) is 2.50. The first kappa shape index (κ1) is 17.6. The van der Waals surface area contributed by atoms with Gasteiger partial charge in [-0.25, -0.2) is 0 Å². The number of hydrogen-bond donors (Lipinski definition) is 1. The van der Waals surface area contributed by atoms with E-state index in [0.29, 0.717) is 19.0 Å². The molecule has 2 heterocycles. The van der Waals surface area contributed by atoms with Crippen molar-refractivity contribution in [3.8, 4) is 5.75 Å². The van der Waals surface area contributed by atoms with Crippen molar-refractivity contribution < 1.29 is 14.3 Å². The van der Waals surface area contributed by atoms with Crippen LogP contribution in [-0.4, -0.2) is 53.6 Å². The van der Waals surface area contributed by atoms with Gasteiger partial charge < -0.3 is 20.1 Å². The minimum absolute atomic E-state index is 0.122. The number of primary amides is 1. The monoisotopic (exact) mass is 363 g/mol. The van der Waals surface area contributed by atoms with Gasteiger partial charge in [-0.15, -0.1) is 10.2 Å². The van der Waals surface area contributed by atoms with E-state index in [4.69, 9.17) is 15.2 Å². The van der Waals surface area contributed by atoms with Crippen molar-refractivity contribution >= 4 is 23.6 Å². The quantitative estimate of drug-likeness (QED) is 0.727. The number of carbonyl (C=O) groups excluding carboxylic acids is 1. The summed E-state index contributed by atoms with van der Waals surface area (Å²) < 4.78 is 12.7. The summed E-state index contributed by atoms with van der Waals surface area (Å²) in [5.74, 6) is 1.73. The fraction of sp³-hybridized carbons (Fsp3) is 0.438. The number of thioether (sulfide) groups is 1. The third-order valence-corrected chi connectivity index (χ3v) is 4.84. The van der Waals surface area contributed by atoms with Crippen LogP contribution in [0.25, 0.3) is 0 Å². The Morgan fingerprint density at radius 1 is 1.36 bits per heavy atom. The lowest BCUT2D eigenvalue weighted by molar-refractivity contribution is -0.119. The molecule has 1 aliphatic heterocycles. The summed E-state index contributed by atoms with van der Waals surface area (Å²) in [6.45, 7) is 2.97. The number of morpholine rings is 1. The summed E-state index contributed by atoms with van der Waals surface area (Å²) >= 11 is 1.60. The smallest absolute Gasteiger partial charge is 0.255 e. The van der Waals surface area contributed by atoms with Crippen molar-refractivity contribution in [2.75, 3.05) is 37.8 Å². The zero-order valence-electron chi connectivity index (χ0n) is 14.1. The lowest BCUT2D eigenvalue weighted by Gasteiger charge is -2.27. The Balaban J connectivity index is 1.61. The molecule has 134 valence electrons. The fourth-order valence-corrected chi connectivity index (χ4v) is 3.35. The van der Waals surface area contributed by atoms with Gasteiger partial charge in [-0.1, -0.05) is 23.9 Å². The minimum Gasteiger partial charge on any atom is -0.484 e. The topological polar surface area (TPSA) is 95.5 Å². The number of hydrogen-bond acceptors (Lipinski definition) is 7. The van der Waals surface area contributed by atoms with E-state index in [1.54, 1.807) is 17.8 Å². The largest absolute Gasteiger partial charge is 0.484 e. The van der Waals surface area contributed by atoms with Crippen LogP contribution in [0.3, 0.4) is 0 Å². The number of nitrogens with two attached hydrogens (primary N) is 1. The number of ether oxygens (including phenoxy) is 2. The van der Waals surface area contributed by atoms with Gasteiger partial charge in [0.05, 0.1) is 13.2 Å². The summed E-state index contributed by atoms with van der Waals surface area (Å²) in [5, 5.41) is 9.45. The number of rotatable bonds is 7. The first-order valence-electron chi connectivity index (χ1n) is 7.98. The van der Waals surface area contributed by atoms with Gasteiger partial charge in [0.2, 0.25) is 5.95 Å². The molecule has 25 heavy (non-hydrogen) atoms. The van der Waals surface area contributed by atoms with Crippen molar-refractivity contribution in [3.63, 3.8) is 0 Å². The molecule has 2 N–H and O–H groups in total. The average Bonchev–Trinajstić information content (AvgIpc) is 3.00. The summed E-state index contributed by atoms with van der Waals surface area (Å²) in [7, 11) is 1.97. The Hall–Kier alpha value is -2.26. The predicted molar refractivity (Wildman–Crippen MR) is 94.7 cm³/mol. The van der Waals surface area contributed by atoms with Crippen LogP contribution in [0.1, 0.15) is 5.56 Å². The highest BCUT2D eigenvalue weighted by Gasteiger charge is 2.18. The minimum atomic E-state index is -0.491. The van der Waals surface area contributed by atoms with Crippen molar-refractivity contribution in [2.24, 2.45) is 12.8 Å². The number of amides is 1. The molecule has 0 atom stereocenters. The van der Waals surface area contributed by atoms with Crippen LogP contribution in [0.4, 0.5) is 5.95 Å². The Kier molecular flexibility index (Phi) is 5.77. The van der Waals surface area contributed by atoms with E-state index in [9.17, 15) is 4.79 Å². The van der Waals surface area contributed by atoms with Gasteiger partial charge in [0.25, 0.3) is 5.91 Å². The van der Waals surface area contributed by atoms with Crippen LogP contribution in [0, 0.1) is 0 Å². The molecule has 9 heteroatoms. The van der Waals surface area contributed by atoms with Crippen molar-refractivity contribution in [1.29, 1.82) is 0 Å². The summed E-state index contributed by atoms with van der Waals surface area (Å²) in [6.07, 6.45) is 0. The van der Waals surface area contributed by atoms with Gasteiger partial charge in [0, 0.05) is 25.9 Å². The SMILES string of the molecule is Cn1c(SCc2cccc(OCC(N)=O)c2)nnc1N1CCOCC1. The van der Waals surface area contributed by atoms with Gasteiger partial charge in [-0.05, 0) is 17.7 Å². The summed E-state index contributed by atoms with van der Waals surface area (Å²) in [6, 6.07) is 7.59. The zero-order chi connectivity index (χ0) is 17.6. The van der Waals surface area contributed by atoms with Gasteiger partial charge in [-0.2, -0.15) is 0 Å². The molecule has 0 saturated carbocycles. The van der Waals surface area contributed by atoms with Crippen molar-refractivity contribution in [1.82, 2.24) is 14.8 Å². The molecule has 1 fully saturated rings. The highest BCUT2D eigenvalue weighted by Crippen LogP contribution is 2.25. The number of carbonyl (C=O) groups is 1. The van der Waals surface area contributed by atoms with E-state index in [2.05, 4.69) is 15.1 Å². The molecule has 1 aromatic carbocycles. The molecule has 3 rings (SSSR count). The number of anilines is 1. The molecular formula is C16H21N5O3S. The number of aromatic nitrogens is 3. The Labute approximate surface area is 150 Å². The molecular weight excluding hydrogens is 342 g/mol. The average molecular weight is 363 g/mol. The van der Waals surface area contributed by atoms with Gasteiger partial charge in [0.1, 0.15) is 5.75 Å². The standard InChI is InChI=1S/C16H21N5O3S/c1-20-15(21-5-7-23-8-6-21)18-19-16(20)25-11-12-3-2-4-13(9-12)24-10-14(17)22/h2-4,9H,5-8,10-11H2,1H3,(H2,17,22). The van der Waals surface area contributed by atoms with Crippen LogP contribution in [0.2, 0.25) is 0 Å². The highest BCUT2D eigenvalue weighted by atomic mass is 32.2.